The maximum Gasteiger partial charge on any atom is 0.208 e. The van der Waals surface area contributed by atoms with Crippen molar-refractivity contribution in [2.75, 3.05) is 46.9 Å². The number of nitrogens with zero attached hydrogens (tertiary/aromatic N) is 3. The van der Waals surface area contributed by atoms with Gasteiger partial charge in [0, 0.05) is 38.9 Å². The summed E-state index contributed by atoms with van der Waals surface area (Å²) < 4.78 is 5.30. The molecule has 0 spiro atoms. The van der Waals surface area contributed by atoms with Gasteiger partial charge in [0.1, 0.15) is 0 Å². The average molecular weight is 271 g/mol. The maximum atomic E-state index is 5.60. The molecule has 1 heterocycles. The summed E-state index contributed by atoms with van der Waals surface area (Å²) in [7, 11) is 4.26. The summed E-state index contributed by atoms with van der Waals surface area (Å²) in [5.41, 5.74) is 2.74. The Labute approximate surface area is 117 Å². The second kappa shape index (κ2) is 9.12. The highest BCUT2D eigenvalue weighted by molar-refractivity contribution is 5.79. The first-order valence-corrected chi connectivity index (χ1v) is 7.19. The number of hydrazine groups is 1. The van der Waals surface area contributed by atoms with Gasteiger partial charge in [0.2, 0.25) is 5.96 Å². The fourth-order valence-electron chi connectivity index (χ4n) is 2.30. The Kier molecular flexibility index (Phi) is 7.78. The van der Waals surface area contributed by atoms with Crippen LogP contribution in [0.4, 0.5) is 0 Å². The van der Waals surface area contributed by atoms with Crippen LogP contribution in [0, 0.1) is 0 Å². The quantitative estimate of drug-likeness (QED) is 0.238. The zero-order valence-electron chi connectivity index (χ0n) is 12.6. The molecule has 0 amide bonds. The molecule has 1 aliphatic rings. The highest BCUT2D eigenvalue weighted by Crippen LogP contribution is 2.13. The molecule has 6 heteroatoms. The van der Waals surface area contributed by atoms with Crippen LogP contribution in [0.5, 0.6) is 0 Å². The summed E-state index contributed by atoms with van der Waals surface area (Å²) in [6.45, 7) is 6.30. The van der Waals surface area contributed by atoms with E-state index in [0.717, 1.165) is 45.2 Å². The lowest BCUT2D eigenvalue weighted by Gasteiger charge is -2.37. The smallest absolute Gasteiger partial charge is 0.208 e. The van der Waals surface area contributed by atoms with Crippen LogP contribution < -0.4 is 11.3 Å². The molecule has 0 aromatic carbocycles. The van der Waals surface area contributed by atoms with Gasteiger partial charge < -0.3 is 14.5 Å². The van der Waals surface area contributed by atoms with Crippen molar-refractivity contribution in [3.05, 3.63) is 0 Å². The Morgan fingerprint density at radius 1 is 1.53 bits per heavy atom. The standard InChI is InChI=1S/C13H29N5O/c1-4-19-10-6-8-15-13(16-14)18-9-5-7-12(11-18)17(2)3/h12H,4-11,14H2,1-3H3,(H,15,16). The maximum absolute atomic E-state index is 5.60. The van der Waals surface area contributed by atoms with Crippen molar-refractivity contribution in [2.45, 2.75) is 32.2 Å². The third-order valence-corrected chi connectivity index (χ3v) is 3.47. The lowest BCUT2D eigenvalue weighted by Crippen LogP contribution is -2.53. The molecule has 1 unspecified atom stereocenters. The van der Waals surface area contributed by atoms with Gasteiger partial charge in [-0.3, -0.25) is 10.4 Å². The van der Waals surface area contributed by atoms with Gasteiger partial charge in [0.25, 0.3) is 0 Å². The number of guanidine groups is 1. The minimum absolute atomic E-state index is 0.579. The summed E-state index contributed by atoms with van der Waals surface area (Å²) >= 11 is 0. The lowest BCUT2D eigenvalue weighted by atomic mass is 10.1. The van der Waals surface area contributed by atoms with Crippen LogP contribution in [0.1, 0.15) is 26.2 Å². The van der Waals surface area contributed by atoms with Crippen LogP contribution in [0.3, 0.4) is 0 Å². The lowest BCUT2D eigenvalue weighted by molar-refractivity contribution is 0.146. The van der Waals surface area contributed by atoms with Gasteiger partial charge in [0.15, 0.2) is 0 Å². The number of rotatable bonds is 6. The molecule has 1 saturated heterocycles. The van der Waals surface area contributed by atoms with Gasteiger partial charge in [-0.15, -0.1) is 0 Å². The van der Waals surface area contributed by atoms with E-state index in [1.807, 2.05) is 6.92 Å². The van der Waals surface area contributed by atoms with E-state index in [-0.39, 0.29) is 0 Å². The van der Waals surface area contributed by atoms with Gasteiger partial charge in [-0.25, -0.2) is 5.84 Å². The molecule has 0 aromatic rings. The number of likely N-dealkylation sites (N-methyl/N-ethyl adjacent to an activating group) is 1. The average Bonchev–Trinajstić information content (AvgIpc) is 2.43. The second-order valence-electron chi connectivity index (χ2n) is 5.11. The van der Waals surface area contributed by atoms with Crippen LogP contribution in [0.25, 0.3) is 0 Å². The summed E-state index contributed by atoms with van der Waals surface area (Å²) in [5.74, 6) is 6.41. The van der Waals surface area contributed by atoms with Gasteiger partial charge in [-0.2, -0.15) is 0 Å². The SMILES string of the molecule is CCOCCCN=C(NN)N1CCCC(N(C)C)C1. The molecule has 0 bridgehead atoms. The monoisotopic (exact) mass is 271 g/mol. The third-order valence-electron chi connectivity index (χ3n) is 3.47. The summed E-state index contributed by atoms with van der Waals surface area (Å²) in [4.78, 5) is 9.06. The predicted octanol–water partition coefficient (Wildman–Crippen LogP) is 0.258. The largest absolute Gasteiger partial charge is 0.382 e. The molecule has 1 fully saturated rings. The van der Waals surface area contributed by atoms with Crippen molar-refractivity contribution in [3.63, 3.8) is 0 Å². The van der Waals surface area contributed by atoms with E-state index in [1.165, 1.54) is 12.8 Å². The van der Waals surface area contributed by atoms with E-state index >= 15 is 0 Å². The fraction of sp³-hybridized carbons (Fsp3) is 0.923. The molecule has 0 aliphatic carbocycles. The van der Waals surface area contributed by atoms with Gasteiger partial charge in [0.05, 0.1) is 0 Å². The van der Waals surface area contributed by atoms with Crippen molar-refractivity contribution in [1.82, 2.24) is 15.2 Å². The number of nitrogens with two attached hydrogens (primary N) is 1. The van der Waals surface area contributed by atoms with E-state index in [4.69, 9.17) is 10.6 Å². The summed E-state index contributed by atoms with van der Waals surface area (Å²) in [5, 5.41) is 0. The number of hydrogen-bond acceptors (Lipinski definition) is 4. The molecule has 1 rings (SSSR count). The van der Waals surface area contributed by atoms with Crippen molar-refractivity contribution in [1.29, 1.82) is 0 Å². The third kappa shape index (κ3) is 5.76. The zero-order chi connectivity index (χ0) is 14.1. The molecular weight excluding hydrogens is 242 g/mol. The Bertz CT molecular complexity index is 270. The molecule has 19 heavy (non-hydrogen) atoms. The number of nitrogens with one attached hydrogen (secondary N) is 1. The van der Waals surface area contributed by atoms with Crippen LogP contribution >= 0.6 is 0 Å². The molecule has 1 atom stereocenters. The molecule has 1 aliphatic heterocycles. The van der Waals surface area contributed by atoms with E-state index < -0.39 is 0 Å². The minimum Gasteiger partial charge on any atom is -0.382 e. The van der Waals surface area contributed by atoms with Crippen molar-refractivity contribution >= 4 is 5.96 Å². The Hall–Kier alpha value is -0.850. The molecule has 6 nitrogen and oxygen atoms in total. The van der Waals surface area contributed by atoms with E-state index in [9.17, 15) is 0 Å². The fourth-order valence-corrected chi connectivity index (χ4v) is 2.30. The Balaban J connectivity index is 2.42. The first-order chi connectivity index (χ1) is 9.19. The van der Waals surface area contributed by atoms with E-state index in [1.54, 1.807) is 0 Å². The molecule has 0 aromatic heterocycles. The Morgan fingerprint density at radius 2 is 2.32 bits per heavy atom. The molecule has 0 saturated carbocycles. The number of likely N-dealkylation sites (tertiary alicyclic amines) is 1. The predicted molar refractivity (Wildman–Crippen MR) is 79.0 cm³/mol. The summed E-state index contributed by atoms with van der Waals surface area (Å²) in [6.07, 6.45) is 3.36. The van der Waals surface area contributed by atoms with Crippen LogP contribution in [-0.4, -0.2) is 68.7 Å². The molecule has 3 N–H and O–H groups in total. The zero-order valence-corrected chi connectivity index (χ0v) is 12.6. The highest BCUT2D eigenvalue weighted by Gasteiger charge is 2.23. The highest BCUT2D eigenvalue weighted by atomic mass is 16.5. The normalized spacial score (nSPS) is 21.0. The molecular formula is C13H29N5O. The van der Waals surface area contributed by atoms with E-state index in [0.29, 0.717) is 6.04 Å². The van der Waals surface area contributed by atoms with Crippen molar-refractivity contribution < 1.29 is 4.74 Å². The first kappa shape index (κ1) is 16.2. The Morgan fingerprint density at radius 3 is 2.95 bits per heavy atom. The van der Waals surface area contributed by atoms with Gasteiger partial charge in [-0.1, -0.05) is 0 Å². The van der Waals surface area contributed by atoms with Gasteiger partial charge in [-0.05, 0) is 40.3 Å². The van der Waals surface area contributed by atoms with Crippen LogP contribution in [0.2, 0.25) is 0 Å². The van der Waals surface area contributed by atoms with Crippen molar-refractivity contribution in [2.24, 2.45) is 10.8 Å². The number of hydrogen-bond donors (Lipinski definition) is 2. The van der Waals surface area contributed by atoms with E-state index in [2.05, 4.69) is 34.3 Å². The van der Waals surface area contributed by atoms with Gasteiger partial charge >= 0.3 is 0 Å². The van der Waals surface area contributed by atoms with Crippen LogP contribution in [0.15, 0.2) is 4.99 Å². The number of ether oxygens (including phenoxy) is 1. The topological polar surface area (TPSA) is 66.1 Å². The molecule has 112 valence electrons. The second-order valence-corrected chi connectivity index (χ2v) is 5.11. The van der Waals surface area contributed by atoms with Crippen molar-refractivity contribution in [3.8, 4) is 0 Å². The summed E-state index contributed by atoms with van der Waals surface area (Å²) in [6, 6.07) is 0.579. The molecule has 0 radical (unpaired) electrons. The first-order valence-electron chi connectivity index (χ1n) is 7.19. The number of piperidine rings is 1. The minimum atomic E-state index is 0.579. The van der Waals surface area contributed by atoms with Crippen LogP contribution in [-0.2, 0) is 4.74 Å². The number of aliphatic imine (C=N–C) groups is 1.